The zero-order chi connectivity index (χ0) is 36.7. The van der Waals surface area contributed by atoms with Crippen molar-refractivity contribution in [2.45, 2.75) is 37.1 Å². The number of pyridine rings is 1. The Kier molecular flexibility index (Phi) is 11.7. The van der Waals surface area contributed by atoms with Crippen LogP contribution in [0.1, 0.15) is 57.3 Å². The molecule has 11 nitrogen and oxygen atoms in total. The fourth-order valence-electron chi connectivity index (χ4n) is 5.83. The number of hydrogen-bond donors (Lipinski definition) is 0. The molecule has 1 aliphatic rings. The second-order valence-electron chi connectivity index (χ2n) is 11.5. The smallest absolute Gasteiger partial charge is 0.416 e. The van der Waals surface area contributed by atoms with Crippen molar-refractivity contribution in [3.8, 4) is 0 Å². The Labute approximate surface area is 296 Å². The fourth-order valence-corrected chi connectivity index (χ4v) is 6.80. The van der Waals surface area contributed by atoms with Crippen LogP contribution in [0.4, 0.5) is 18.9 Å². The SMILES string of the molecule is CCOC(=O)c1cccnc1SN(C(=O)c1ccc(C(F)(F)F)cc1[N+](=O)[O-])[C@H](C)C(=O)N1CCN(C(c2ccccc2)c2ccccc2)CC1. The Morgan fingerprint density at radius 1 is 0.922 bits per heavy atom. The third-order valence-electron chi connectivity index (χ3n) is 8.33. The maximum absolute atomic E-state index is 14.1. The molecule has 2 heterocycles. The van der Waals surface area contributed by atoms with Gasteiger partial charge < -0.3 is 9.64 Å². The van der Waals surface area contributed by atoms with Gasteiger partial charge in [-0.1, -0.05) is 60.7 Å². The number of carbonyl (C=O) groups excluding carboxylic acids is 3. The molecule has 0 unspecified atom stereocenters. The monoisotopic (exact) mass is 721 g/mol. The van der Waals surface area contributed by atoms with Crippen molar-refractivity contribution in [2.24, 2.45) is 0 Å². The number of aromatic nitrogens is 1. The predicted molar refractivity (Wildman–Crippen MR) is 183 cm³/mol. The van der Waals surface area contributed by atoms with E-state index < -0.39 is 51.7 Å². The van der Waals surface area contributed by atoms with Gasteiger partial charge in [-0.3, -0.25) is 28.9 Å². The standard InChI is InChI=1S/C36H34F3N5O6S/c1-3-50-35(47)29-15-10-18-40-32(29)51-43(34(46)28-17-16-27(36(37,38)39)23-30(28)44(48)49)24(2)33(45)42-21-19-41(20-22-42)31(25-11-6-4-7-12-25)26-13-8-5-9-14-26/h4-18,23-24,31H,3,19-22H2,1-2H3/t24-/m1/s1. The molecule has 0 saturated carbocycles. The number of hydrogen-bond acceptors (Lipinski definition) is 9. The van der Waals surface area contributed by atoms with Crippen LogP contribution in [-0.2, 0) is 15.7 Å². The van der Waals surface area contributed by atoms with Gasteiger partial charge in [0.1, 0.15) is 16.6 Å². The van der Waals surface area contributed by atoms with E-state index in [9.17, 15) is 37.7 Å². The first kappa shape index (κ1) is 37.0. The number of piperazine rings is 1. The summed E-state index contributed by atoms with van der Waals surface area (Å²) in [6.45, 7) is 4.57. The van der Waals surface area contributed by atoms with E-state index >= 15 is 0 Å². The molecule has 0 aliphatic carbocycles. The Morgan fingerprint density at radius 3 is 2.08 bits per heavy atom. The van der Waals surface area contributed by atoms with Crippen LogP contribution in [0.3, 0.4) is 0 Å². The Bertz CT molecular complexity index is 1830. The molecule has 1 atom stereocenters. The van der Waals surface area contributed by atoms with Crippen molar-refractivity contribution in [2.75, 3.05) is 32.8 Å². The average molecular weight is 722 g/mol. The summed E-state index contributed by atoms with van der Waals surface area (Å²) in [5.74, 6) is -2.38. The third-order valence-corrected chi connectivity index (χ3v) is 9.51. The topological polar surface area (TPSA) is 126 Å². The highest BCUT2D eigenvalue weighted by atomic mass is 32.2. The van der Waals surface area contributed by atoms with Gasteiger partial charge in [-0.15, -0.1) is 0 Å². The van der Waals surface area contributed by atoms with Crippen molar-refractivity contribution >= 4 is 35.4 Å². The molecule has 3 aromatic carbocycles. The highest BCUT2D eigenvalue weighted by Gasteiger charge is 2.39. The zero-order valence-corrected chi connectivity index (χ0v) is 28.5. The number of halogens is 3. The molecule has 5 rings (SSSR count). The predicted octanol–water partition coefficient (Wildman–Crippen LogP) is 6.66. The third kappa shape index (κ3) is 8.55. The minimum absolute atomic E-state index is 0.0362. The van der Waals surface area contributed by atoms with E-state index in [0.717, 1.165) is 15.4 Å². The lowest BCUT2D eigenvalue weighted by atomic mass is 9.96. The lowest BCUT2D eigenvalue weighted by Gasteiger charge is -2.41. The van der Waals surface area contributed by atoms with Gasteiger partial charge in [0.15, 0.2) is 0 Å². The van der Waals surface area contributed by atoms with Gasteiger partial charge >= 0.3 is 12.1 Å². The van der Waals surface area contributed by atoms with Gasteiger partial charge in [0.25, 0.3) is 11.6 Å². The van der Waals surface area contributed by atoms with Crippen molar-refractivity contribution in [1.29, 1.82) is 0 Å². The molecule has 0 radical (unpaired) electrons. The lowest BCUT2D eigenvalue weighted by Crippen LogP contribution is -2.54. The van der Waals surface area contributed by atoms with E-state index in [0.29, 0.717) is 37.2 Å². The van der Waals surface area contributed by atoms with E-state index in [1.807, 2.05) is 60.7 Å². The molecule has 15 heteroatoms. The second-order valence-corrected chi connectivity index (χ2v) is 12.5. The average Bonchev–Trinajstić information content (AvgIpc) is 3.14. The number of ether oxygens (including phenoxy) is 1. The maximum atomic E-state index is 14.1. The Balaban J connectivity index is 1.45. The first-order valence-electron chi connectivity index (χ1n) is 16.0. The summed E-state index contributed by atoms with van der Waals surface area (Å²) < 4.78 is 46.5. The van der Waals surface area contributed by atoms with Crippen molar-refractivity contribution in [3.63, 3.8) is 0 Å². The van der Waals surface area contributed by atoms with Crippen LogP contribution in [0.2, 0.25) is 0 Å². The number of nitro groups is 1. The van der Waals surface area contributed by atoms with Crippen molar-refractivity contribution < 1.29 is 37.2 Å². The summed E-state index contributed by atoms with van der Waals surface area (Å²) >= 11 is 0.572. The van der Waals surface area contributed by atoms with Crippen LogP contribution in [0.5, 0.6) is 0 Å². The highest BCUT2D eigenvalue weighted by Crippen LogP contribution is 2.36. The summed E-state index contributed by atoms with van der Waals surface area (Å²) in [6.07, 6.45) is -3.56. The van der Waals surface area contributed by atoms with Crippen LogP contribution >= 0.6 is 11.9 Å². The summed E-state index contributed by atoms with van der Waals surface area (Å²) in [5.41, 5.74) is -0.956. The first-order chi connectivity index (χ1) is 24.4. The quantitative estimate of drug-likeness (QED) is 0.0724. The van der Waals surface area contributed by atoms with Crippen LogP contribution in [-0.4, -0.2) is 80.6 Å². The molecule has 0 N–H and O–H groups in total. The second kappa shape index (κ2) is 16.2. The number of esters is 1. The summed E-state index contributed by atoms with van der Waals surface area (Å²) in [4.78, 5) is 59.9. The molecule has 1 aliphatic heterocycles. The summed E-state index contributed by atoms with van der Waals surface area (Å²) in [6, 6.07) is 22.9. The highest BCUT2D eigenvalue weighted by molar-refractivity contribution is 7.97. The normalized spacial score (nSPS) is 14.2. The molecule has 2 amide bonds. The molecule has 1 aromatic heterocycles. The van der Waals surface area contributed by atoms with Crippen LogP contribution in [0.25, 0.3) is 0 Å². The van der Waals surface area contributed by atoms with Crippen LogP contribution < -0.4 is 0 Å². The Morgan fingerprint density at radius 2 is 1.53 bits per heavy atom. The molecule has 266 valence electrons. The molecule has 51 heavy (non-hydrogen) atoms. The largest absolute Gasteiger partial charge is 0.462 e. The molecular weight excluding hydrogens is 687 g/mol. The summed E-state index contributed by atoms with van der Waals surface area (Å²) in [7, 11) is 0. The number of amides is 2. The van der Waals surface area contributed by atoms with Crippen molar-refractivity contribution in [1.82, 2.24) is 19.1 Å². The number of nitrogens with zero attached hydrogens (tertiary/aromatic N) is 5. The molecular formula is C36H34F3N5O6S. The lowest BCUT2D eigenvalue weighted by molar-refractivity contribution is -0.385. The minimum Gasteiger partial charge on any atom is -0.462 e. The van der Waals surface area contributed by atoms with Gasteiger partial charge in [-0.05, 0) is 49.2 Å². The number of alkyl halides is 3. The van der Waals surface area contributed by atoms with E-state index in [-0.39, 0.29) is 42.4 Å². The fraction of sp³-hybridized carbons (Fsp3) is 0.278. The number of rotatable bonds is 11. The first-order valence-corrected chi connectivity index (χ1v) is 16.8. The van der Waals surface area contributed by atoms with Crippen molar-refractivity contribution in [3.05, 3.63) is 135 Å². The number of benzene rings is 3. The molecule has 1 fully saturated rings. The minimum atomic E-state index is -4.91. The number of carbonyl (C=O) groups is 3. The van der Waals surface area contributed by atoms with E-state index in [1.54, 1.807) is 11.8 Å². The van der Waals surface area contributed by atoms with E-state index in [2.05, 4.69) is 9.88 Å². The van der Waals surface area contributed by atoms with E-state index in [1.165, 1.54) is 25.3 Å². The van der Waals surface area contributed by atoms with Gasteiger partial charge in [-0.25, -0.2) is 9.78 Å². The molecule has 1 saturated heterocycles. The Hall–Kier alpha value is -5.28. The molecule has 4 aromatic rings. The van der Waals surface area contributed by atoms with Gasteiger partial charge in [0.05, 0.1) is 28.7 Å². The number of nitro benzene ring substituents is 1. The molecule has 0 spiro atoms. The molecule has 0 bridgehead atoms. The summed E-state index contributed by atoms with van der Waals surface area (Å²) in [5, 5.41) is 11.9. The zero-order valence-electron chi connectivity index (χ0n) is 27.7. The van der Waals surface area contributed by atoms with E-state index in [4.69, 9.17) is 4.74 Å². The van der Waals surface area contributed by atoms with Gasteiger partial charge in [0.2, 0.25) is 5.91 Å². The van der Waals surface area contributed by atoms with Crippen LogP contribution in [0.15, 0.2) is 102 Å². The van der Waals surface area contributed by atoms with Gasteiger partial charge in [0, 0.05) is 50.4 Å². The van der Waals surface area contributed by atoms with Gasteiger partial charge in [-0.2, -0.15) is 13.2 Å². The maximum Gasteiger partial charge on any atom is 0.416 e. The van der Waals surface area contributed by atoms with Crippen LogP contribution in [0, 0.1) is 10.1 Å².